The van der Waals surface area contributed by atoms with Crippen LogP contribution in [0.1, 0.15) is 63.5 Å². The van der Waals surface area contributed by atoms with E-state index in [0.29, 0.717) is 128 Å². The number of amides is 1. The summed E-state index contributed by atoms with van der Waals surface area (Å²) in [4.78, 5) is 68.3. The Kier molecular flexibility index (Phi) is 31.1. The number of carboxylic acid groups (broad SMARTS) is 1. The molecule has 6 rings (SSSR count). The van der Waals surface area contributed by atoms with Crippen LogP contribution in [0.15, 0.2) is 48.8 Å². The van der Waals surface area contributed by atoms with Crippen molar-refractivity contribution < 1.29 is 121 Å². The summed E-state index contributed by atoms with van der Waals surface area (Å²) in [6, 6.07) is 8.70. The molecular weight excluding hydrogens is 1200 g/mol. The maximum atomic E-state index is 13.6. The van der Waals surface area contributed by atoms with E-state index in [9.17, 15) is 59.7 Å². The van der Waals surface area contributed by atoms with E-state index in [1.807, 2.05) is 0 Å². The molecule has 2 aliphatic heterocycles. The number of carbonyl (C=O) groups is 5. The van der Waals surface area contributed by atoms with E-state index < -0.39 is 79.1 Å². The molecule has 34 nitrogen and oxygen atoms in total. The SMILES string of the molecule is CC(=O)OCc1ccc(O[C@@H]2OC[C@@H](O)[C@H](O)[C@H]2O)c(C(=O)CCc2cn(CCOCCOCCN(CCOCCOCCON)CCOCCOCCn3cc(CNC(=O)c4cc(COC(C)=O)ccc4O[C@@H]4O[C@H](C(=O)O)[C@@H](O)[C@H](O)[C@H]4O)nn3)nn2)c1. The second-order valence-corrected chi connectivity index (χ2v) is 20.4. The van der Waals surface area contributed by atoms with Crippen molar-refractivity contribution >= 4 is 29.6 Å². The maximum Gasteiger partial charge on any atom is 0.335 e. The van der Waals surface area contributed by atoms with Gasteiger partial charge in [0.15, 0.2) is 11.9 Å². The summed E-state index contributed by atoms with van der Waals surface area (Å²) in [6.45, 7) is 8.74. The molecule has 1 amide bonds. The molecule has 0 spiro atoms. The van der Waals surface area contributed by atoms with Gasteiger partial charge in [-0.25, -0.2) is 20.1 Å². The molecule has 2 aromatic carbocycles. The summed E-state index contributed by atoms with van der Waals surface area (Å²) in [5.41, 5.74) is 1.84. The number of carboxylic acids is 1. The van der Waals surface area contributed by atoms with Crippen LogP contribution in [-0.2, 0) is 106 Å². The highest BCUT2D eigenvalue weighted by molar-refractivity contribution is 5.99. The fraction of sp³-hybridized carbons (Fsp3) is 0.625. The molecule has 90 heavy (non-hydrogen) atoms. The number of Topliss-reactive ketones (excluding diaryl/α,β-unsaturated/α-hetero) is 1. The van der Waals surface area contributed by atoms with Crippen LogP contribution in [0.5, 0.6) is 11.5 Å². The maximum absolute atomic E-state index is 13.6. The zero-order valence-corrected chi connectivity index (χ0v) is 50.0. The van der Waals surface area contributed by atoms with E-state index in [0.717, 1.165) is 0 Å². The summed E-state index contributed by atoms with van der Waals surface area (Å²) in [7, 11) is 0. The van der Waals surface area contributed by atoms with Crippen LogP contribution in [0.25, 0.3) is 0 Å². The number of hydrogen-bond donors (Lipinski definition) is 9. The molecule has 9 atom stereocenters. The molecule has 10 N–H and O–H groups in total. The number of benzene rings is 2. The molecule has 2 saturated heterocycles. The smallest absolute Gasteiger partial charge is 0.335 e. The number of aromatic nitrogens is 6. The third-order valence-electron chi connectivity index (χ3n) is 13.5. The van der Waals surface area contributed by atoms with E-state index >= 15 is 0 Å². The molecule has 2 aromatic heterocycles. The van der Waals surface area contributed by atoms with Crippen LogP contribution < -0.4 is 20.7 Å². The first-order valence-electron chi connectivity index (χ1n) is 28.9. The van der Waals surface area contributed by atoms with Gasteiger partial charge in [0, 0.05) is 52.5 Å². The number of rotatable bonds is 43. The zero-order valence-electron chi connectivity index (χ0n) is 50.0. The predicted molar refractivity (Wildman–Crippen MR) is 303 cm³/mol. The zero-order chi connectivity index (χ0) is 64.8. The third-order valence-corrected chi connectivity index (χ3v) is 13.5. The van der Waals surface area contributed by atoms with E-state index in [-0.39, 0.29) is 80.8 Å². The summed E-state index contributed by atoms with van der Waals surface area (Å²) in [5, 5.41) is 89.9. The number of aliphatic carboxylic acids is 1. The number of nitrogens with zero attached hydrogens (tertiary/aromatic N) is 7. The Morgan fingerprint density at radius 1 is 0.611 bits per heavy atom. The molecule has 34 heteroatoms. The van der Waals surface area contributed by atoms with Crippen molar-refractivity contribution in [2.75, 3.05) is 112 Å². The average molecular weight is 1280 g/mol. The fourth-order valence-electron chi connectivity index (χ4n) is 8.63. The lowest BCUT2D eigenvalue weighted by Gasteiger charge is -2.38. The van der Waals surface area contributed by atoms with Gasteiger partial charge in [0.05, 0.1) is 135 Å². The van der Waals surface area contributed by atoms with Crippen LogP contribution in [0, 0.1) is 0 Å². The summed E-state index contributed by atoms with van der Waals surface area (Å²) in [6.07, 6.45) is -11.8. The second-order valence-electron chi connectivity index (χ2n) is 20.4. The van der Waals surface area contributed by atoms with Crippen molar-refractivity contribution in [3.63, 3.8) is 0 Å². The van der Waals surface area contributed by atoms with Crippen LogP contribution in [0.3, 0.4) is 0 Å². The highest BCUT2D eigenvalue weighted by Gasteiger charge is 2.48. The first-order chi connectivity index (χ1) is 43.4. The number of ether oxygens (including phenoxy) is 12. The molecule has 2 fully saturated rings. The average Bonchev–Trinajstić information content (AvgIpc) is 1.21. The Balaban J connectivity index is 0.862. The first kappa shape index (κ1) is 72.3. The summed E-state index contributed by atoms with van der Waals surface area (Å²) >= 11 is 0. The number of ketones is 1. The topological polar surface area (TPSA) is 450 Å². The Morgan fingerprint density at radius 2 is 1.10 bits per heavy atom. The van der Waals surface area contributed by atoms with Gasteiger partial charge >= 0.3 is 17.9 Å². The summed E-state index contributed by atoms with van der Waals surface area (Å²) < 4.78 is 69.8. The number of aliphatic hydroxyl groups excluding tert-OH is 6. The second kappa shape index (κ2) is 38.8. The van der Waals surface area contributed by atoms with Gasteiger partial charge in [-0.3, -0.25) is 24.1 Å². The number of nitrogens with one attached hydrogen (secondary N) is 1. The molecule has 4 aromatic rings. The third kappa shape index (κ3) is 24.4. The Hall–Kier alpha value is -6.81. The van der Waals surface area contributed by atoms with Gasteiger partial charge < -0.3 is 103 Å². The van der Waals surface area contributed by atoms with Crippen molar-refractivity contribution in [2.24, 2.45) is 5.90 Å². The molecule has 500 valence electrons. The van der Waals surface area contributed by atoms with E-state index in [2.05, 4.69) is 35.7 Å². The van der Waals surface area contributed by atoms with Crippen LogP contribution >= 0.6 is 0 Å². The van der Waals surface area contributed by atoms with Crippen molar-refractivity contribution in [1.82, 2.24) is 40.2 Å². The highest BCUT2D eigenvalue weighted by atomic mass is 16.7. The Labute approximate surface area is 516 Å². The lowest BCUT2D eigenvalue weighted by molar-refractivity contribution is -0.271. The van der Waals surface area contributed by atoms with Crippen molar-refractivity contribution in [2.45, 2.75) is 115 Å². The molecule has 0 unspecified atom stereocenters. The minimum atomic E-state index is -1.96. The molecule has 4 heterocycles. The van der Waals surface area contributed by atoms with Gasteiger partial charge in [-0.1, -0.05) is 22.6 Å². The number of carbonyl (C=O) groups excluding carboxylic acids is 4. The van der Waals surface area contributed by atoms with Crippen molar-refractivity contribution in [1.29, 1.82) is 0 Å². The minimum Gasteiger partial charge on any atom is -0.479 e. The predicted octanol–water partition coefficient (Wildman–Crippen LogP) is -3.18. The van der Waals surface area contributed by atoms with Crippen molar-refractivity contribution in [3.05, 3.63) is 82.4 Å². The molecular formula is C56H81N9O25. The molecule has 0 radical (unpaired) electrons. The lowest BCUT2D eigenvalue weighted by atomic mass is 9.99. The Morgan fingerprint density at radius 3 is 1.66 bits per heavy atom. The van der Waals surface area contributed by atoms with Gasteiger partial charge in [-0.2, -0.15) is 0 Å². The van der Waals surface area contributed by atoms with Crippen LogP contribution in [0.2, 0.25) is 0 Å². The van der Waals surface area contributed by atoms with Gasteiger partial charge in [0.25, 0.3) is 5.91 Å². The standard InChI is InChI=1S/C56H81N9O25/c1-35(66)84-32-37-3-7-45(88-55-50(73)47(70)44(69)34-86-55)41(27-37)43(68)6-5-39-30-64(61-59-39)12-17-81-21-19-78-14-9-63(11-16-80-23-24-83-25-26-87-57)10-15-79-20-22-82-18-13-65-31-40(60-62-65)29-58-53(75)42-28-38(33-85-36(2)67)4-8-46(42)89-56-51(74)48(71)49(72)52(90-56)54(76)77/h3-4,7-8,27-28,30-31,44,47-52,55-56,69-74H,5-6,9-26,29,32-34,57H2,1-2H3,(H,58,75)(H,76,77)/t44-,47+,48+,49+,50-,51-,52+,55+,56-/m1/s1. The van der Waals surface area contributed by atoms with Gasteiger partial charge in [-0.15, -0.1) is 10.2 Å². The number of hydrogen-bond acceptors (Lipinski definition) is 30. The molecule has 0 saturated carbocycles. The number of aliphatic hydroxyl groups is 6. The quantitative estimate of drug-likeness (QED) is 0.00913. The monoisotopic (exact) mass is 1280 g/mol. The number of esters is 2. The summed E-state index contributed by atoms with van der Waals surface area (Å²) in [5.74, 6) is 1.18. The number of nitrogens with two attached hydrogens (primary N) is 1. The van der Waals surface area contributed by atoms with Gasteiger partial charge in [-0.05, 0) is 35.4 Å². The van der Waals surface area contributed by atoms with Crippen molar-refractivity contribution in [3.8, 4) is 11.5 Å². The normalized spacial score (nSPS) is 20.8. The lowest BCUT2D eigenvalue weighted by Crippen LogP contribution is -2.61. The van der Waals surface area contributed by atoms with Crippen LogP contribution in [0.4, 0.5) is 0 Å². The largest absolute Gasteiger partial charge is 0.479 e. The van der Waals surface area contributed by atoms with E-state index in [4.69, 9.17) is 62.7 Å². The molecule has 0 aliphatic carbocycles. The van der Waals surface area contributed by atoms with E-state index in [1.54, 1.807) is 23.1 Å². The van der Waals surface area contributed by atoms with Gasteiger partial charge in [0.1, 0.15) is 67.0 Å². The number of aryl methyl sites for hydroxylation is 1. The molecule has 2 aliphatic rings. The fourth-order valence-corrected chi connectivity index (χ4v) is 8.63. The highest BCUT2D eigenvalue weighted by Crippen LogP contribution is 2.30. The Bertz CT molecular complexity index is 2830. The van der Waals surface area contributed by atoms with Gasteiger partial charge in [0.2, 0.25) is 12.6 Å². The van der Waals surface area contributed by atoms with E-state index in [1.165, 1.54) is 48.9 Å². The molecule has 0 bridgehead atoms. The van der Waals surface area contributed by atoms with Crippen LogP contribution in [-0.4, -0.2) is 268 Å². The first-order valence-corrected chi connectivity index (χ1v) is 28.9. The minimum absolute atomic E-state index is 0.00209.